The maximum Gasteiger partial charge on any atom is 0.180 e. The Morgan fingerprint density at radius 2 is 2.45 bits per heavy atom. The lowest BCUT2D eigenvalue weighted by Gasteiger charge is -2.09. The van der Waals surface area contributed by atoms with Gasteiger partial charge >= 0.3 is 0 Å². The van der Waals surface area contributed by atoms with Crippen molar-refractivity contribution >= 4 is 0 Å². The standard InChI is InChI=1S/C9H12O2/c1-7-6-10-9(11-7)8-4-2-3-5-8/h2-4,7,9H,5-6H2,1H3. The highest BCUT2D eigenvalue weighted by Gasteiger charge is 2.25. The summed E-state index contributed by atoms with van der Waals surface area (Å²) < 4.78 is 10.9. The highest BCUT2D eigenvalue weighted by molar-refractivity contribution is 5.25. The van der Waals surface area contributed by atoms with E-state index in [2.05, 4.69) is 12.2 Å². The van der Waals surface area contributed by atoms with Gasteiger partial charge in [-0.25, -0.2) is 0 Å². The van der Waals surface area contributed by atoms with Gasteiger partial charge in [0.1, 0.15) is 0 Å². The fourth-order valence-corrected chi connectivity index (χ4v) is 1.35. The predicted molar refractivity (Wildman–Crippen MR) is 42.1 cm³/mol. The second-order valence-electron chi connectivity index (χ2n) is 2.99. The SMILES string of the molecule is CC1COC(C2=CC=CC2)O1. The first kappa shape index (κ1) is 7.07. The largest absolute Gasteiger partial charge is 0.346 e. The van der Waals surface area contributed by atoms with Crippen molar-refractivity contribution in [2.75, 3.05) is 6.61 Å². The molecular weight excluding hydrogens is 140 g/mol. The van der Waals surface area contributed by atoms with Gasteiger partial charge in [-0.2, -0.15) is 0 Å². The third kappa shape index (κ3) is 1.37. The summed E-state index contributed by atoms with van der Waals surface area (Å²) in [5.74, 6) is 0. The minimum atomic E-state index is -0.0694. The van der Waals surface area contributed by atoms with Crippen LogP contribution < -0.4 is 0 Å². The highest BCUT2D eigenvalue weighted by Crippen LogP contribution is 2.23. The molecule has 1 aliphatic heterocycles. The first-order valence-electron chi connectivity index (χ1n) is 3.99. The van der Waals surface area contributed by atoms with Gasteiger partial charge in [-0.15, -0.1) is 0 Å². The highest BCUT2D eigenvalue weighted by atomic mass is 16.7. The minimum Gasteiger partial charge on any atom is -0.346 e. The molecule has 0 spiro atoms. The van der Waals surface area contributed by atoms with Gasteiger partial charge in [0.2, 0.25) is 0 Å². The maximum atomic E-state index is 5.51. The molecule has 1 fully saturated rings. The molecule has 2 heteroatoms. The Kier molecular flexibility index (Phi) is 1.80. The van der Waals surface area contributed by atoms with Crippen LogP contribution in [0.2, 0.25) is 0 Å². The monoisotopic (exact) mass is 152 g/mol. The van der Waals surface area contributed by atoms with Crippen LogP contribution in [0.15, 0.2) is 23.8 Å². The number of hydrogen-bond acceptors (Lipinski definition) is 2. The summed E-state index contributed by atoms with van der Waals surface area (Å²) in [7, 11) is 0. The first-order valence-corrected chi connectivity index (χ1v) is 3.99. The van der Waals surface area contributed by atoms with Crippen LogP contribution in [0.5, 0.6) is 0 Å². The van der Waals surface area contributed by atoms with Crippen molar-refractivity contribution in [2.24, 2.45) is 0 Å². The Morgan fingerprint density at radius 1 is 1.55 bits per heavy atom. The van der Waals surface area contributed by atoms with Crippen molar-refractivity contribution < 1.29 is 9.47 Å². The molecule has 2 rings (SSSR count). The molecule has 0 radical (unpaired) electrons. The molecule has 0 aromatic heterocycles. The fraction of sp³-hybridized carbons (Fsp3) is 0.556. The molecule has 0 bridgehead atoms. The summed E-state index contributed by atoms with van der Waals surface area (Å²) in [6.07, 6.45) is 7.40. The summed E-state index contributed by atoms with van der Waals surface area (Å²) in [6, 6.07) is 0. The van der Waals surface area contributed by atoms with E-state index in [9.17, 15) is 0 Å². The molecule has 1 aliphatic carbocycles. The molecule has 2 nitrogen and oxygen atoms in total. The Hall–Kier alpha value is -0.600. The van der Waals surface area contributed by atoms with Crippen LogP contribution in [0, 0.1) is 0 Å². The second kappa shape index (κ2) is 2.80. The number of rotatable bonds is 1. The van der Waals surface area contributed by atoms with Crippen molar-refractivity contribution in [2.45, 2.75) is 25.7 Å². The topological polar surface area (TPSA) is 18.5 Å². The van der Waals surface area contributed by atoms with Gasteiger partial charge in [-0.1, -0.05) is 18.2 Å². The number of allylic oxidation sites excluding steroid dienone is 3. The van der Waals surface area contributed by atoms with Gasteiger partial charge in [0, 0.05) is 0 Å². The van der Waals surface area contributed by atoms with Crippen LogP contribution in [0.3, 0.4) is 0 Å². The Bertz CT molecular complexity index is 206. The lowest BCUT2D eigenvalue weighted by atomic mass is 10.2. The van der Waals surface area contributed by atoms with Crippen molar-refractivity contribution in [3.63, 3.8) is 0 Å². The van der Waals surface area contributed by atoms with E-state index in [1.54, 1.807) is 0 Å². The van der Waals surface area contributed by atoms with Crippen LogP contribution in [0.1, 0.15) is 13.3 Å². The van der Waals surface area contributed by atoms with Crippen LogP contribution >= 0.6 is 0 Å². The molecule has 2 aliphatic rings. The fourth-order valence-electron chi connectivity index (χ4n) is 1.35. The van der Waals surface area contributed by atoms with Gasteiger partial charge < -0.3 is 9.47 Å². The average Bonchev–Trinajstić information content (AvgIpc) is 2.55. The summed E-state index contributed by atoms with van der Waals surface area (Å²) in [6.45, 7) is 2.75. The molecule has 0 N–H and O–H groups in total. The predicted octanol–water partition coefficient (Wildman–Crippen LogP) is 1.63. The quantitative estimate of drug-likeness (QED) is 0.568. The Labute approximate surface area is 66.5 Å². The summed E-state index contributed by atoms with van der Waals surface area (Å²) >= 11 is 0. The third-order valence-electron chi connectivity index (χ3n) is 1.94. The van der Waals surface area contributed by atoms with Crippen LogP contribution in [-0.4, -0.2) is 19.0 Å². The number of ether oxygens (including phenoxy) is 2. The average molecular weight is 152 g/mol. The first-order chi connectivity index (χ1) is 5.36. The third-order valence-corrected chi connectivity index (χ3v) is 1.94. The molecular formula is C9H12O2. The molecule has 2 unspecified atom stereocenters. The normalized spacial score (nSPS) is 36.3. The lowest BCUT2D eigenvalue weighted by molar-refractivity contribution is -0.0260. The van der Waals surface area contributed by atoms with Gasteiger partial charge in [0.05, 0.1) is 12.7 Å². The van der Waals surface area contributed by atoms with Crippen LogP contribution in [0.4, 0.5) is 0 Å². The van der Waals surface area contributed by atoms with E-state index in [-0.39, 0.29) is 12.4 Å². The van der Waals surface area contributed by atoms with E-state index in [1.807, 2.05) is 13.0 Å². The van der Waals surface area contributed by atoms with E-state index >= 15 is 0 Å². The molecule has 0 aromatic rings. The molecule has 60 valence electrons. The summed E-state index contributed by atoms with van der Waals surface area (Å²) in [5, 5.41) is 0. The van der Waals surface area contributed by atoms with E-state index in [4.69, 9.17) is 9.47 Å². The van der Waals surface area contributed by atoms with E-state index < -0.39 is 0 Å². The molecule has 1 saturated heterocycles. The Balaban J connectivity index is 1.97. The van der Waals surface area contributed by atoms with Crippen molar-refractivity contribution in [3.8, 4) is 0 Å². The van der Waals surface area contributed by atoms with E-state index in [0.717, 1.165) is 13.0 Å². The van der Waals surface area contributed by atoms with Crippen LogP contribution in [0.25, 0.3) is 0 Å². The Morgan fingerprint density at radius 3 is 3.00 bits per heavy atom. The molecule has 2 atom stereocenters. The van der Waals surface area contributed by atoms with Gasteiger partial charge in [0.25, 0.3) is 0 Å². The molecule has 1 heterocycles. The zero-order valence-electron chi connectivity index (χ0n) is 6.62. The lowest BCUT2D eigenvalue weighted by Crippen LogP contribution is -2.11. The van der Waals surface area contributed by atoms with Crippen molar-refractivity contribution in [3.05, 3.63) is 23.8 Å². The van der Waals surface area contributed by atoms with E-state index in [0.29, 0.717) is 0 Å². The number of hydrogen-bond donors (Lipinski definition) is 0. The smallest absolute Gasteiger partial charge is 0.180 e. The summed E-state index contributed by atoms with van der Waals surface area (Å²) in [5.41, 5.74) is 1.24. The zero-order chi connectivity index (χ0) is 7.68. The molecule has 0 aromatic carbocycles. The maximum absolute atomic E-state index is 5.51. The van der Waals surface area contributed by atoms with Crippen molar-refractivity contribution in [1.29, 1.82) is 0 Å². The van der Waals surface area contributed by atoms with Gasteiger partial charge in [-0.05, 0) is 18.9 Å². The van der Waals surface area contributed by atoms with Crippen LogP contribution in [-0.2, 0) is 9.47 Å². The van der Waals surface area contributed by atoms with Gasteiger partial charge in [0.15, 0.2) is 6.29 Å². The second-order valence-corrected chi connectivity index (χ2v) is 2.99. The molecule has 0 amide bonds. The zero-order valence-corrected chi connectivity index (χ0v) is 6.62. The van der Waals surface area contributed by atoms with E-state index in [1.165, 1.54) is 5.57 Å². The molecule has 11 heavy (non-hydrogen) atoms. The van der Waals surface area contributed by atoms with Gasteiger partial charge in [-0.3, -0.25) is 0 Å². The molecule has 0 saturated carbocycles. The summed E-state index contributed by atoms with van der Waals surface area (Å²) in [4.78, 5) is 0. The minimum absolute atomic E-state index is 0.0694. The van der Waals surface area contributed by atoms with Crippen molar-refractivity contribution in [1.82, 2.24) is 0 Å².